The molecule has 2 heteroatoms. The summed E-state index contributed by atoms with van der Waals surface area (Å²) in [4.78, 5) is 0. The van der Waals surface area contributed by atoms with Crippen LogP contribution in [0.5, 0.6) is 0 Å². The van der Waals surface area contributed by atoms with Crippen LogP contribution in [0.25, 0.3) is 0 Å². The molecule has 0 amide bonds. The van der Waals surface area contributed by atoms with Crippen LogP contribution < -0.4 is 0 Å². The molecule has 0 aliphatic carbocycles. The van der Waals surface area contributed by atoms with Gasteiger partial charge in [-0.2, -0.15) is 0 Å². The van der Waals surface area contributed by atoms with Gasteiger partial charge in [0.2, 0.25) is 0 Å². The summed E-state index contributed by atoms with van der Waals surface area (Å²) >= 11 is 2.21. The molecule has 0 aliphatic heterocycles. The summed E-state index contributed by atoms with van der Waals surface area (Å²) in [5, 5.41) is 1.27. The molecule has 0 heterocycles. The molecule has 1 nitrogen and oxygen atoms in total. The van der Waals surface area contributed by atoms with Crippen LogP contribution in [-0.2, 0) is 4.74 Å². The van der Waals surface area contributed by atoms with E-state index in [1.54, 1.807) is 0 Å². The fourth-order valence-corrected chi connectivity index (χ4v) is 0.803. The van der Waals surface area contributed by atoms with Crippen molar-refractivity contribution in [1.29, 1.82) is 0 Å². The first kappa shape index (κ1) is 11.6. The normalized spacial score (nSPS) is 12.1. The molecule has 11 heavy (non-hydrogen) atoms. The molecule has 0 spiro atoms. The summed E-state index contributed by atoms with van der Waals surface area (Å²) in [6.45, 7) is 7.40. The zero-order valence-electron chi connectivity index (χ0n) is 8.44. The quantitative estimate of drug-likeness (QED) is 0.417. The molecule has 0 aliphatic rings. The summed E-state index contributed by atoms with van der Waals surface area (Å²) in [7, 11) is 0. The van der Waals surface area contributed by atoms with E-state index in [2.05, 4.69) is 38.5 Å². The third-order valence-corrected chi connectivity index (χ3v) is 2.09. The van der Waals surface area contributed by atoms with Crippen molar-refractivity contribution in [2.45, 2.75) is 50.7 Å². The number of unbranched alkanes of at least 4 members (excludes halogenated alkanes) is 1. The van der Waals surface area contributed by atoms with E-state index in [9.17, 15) is 0 Å². The van der Waals surface area contributed by atoms with E-state index in [-0.39, 0.29) is 5.60 Å². The molecular formula is C9H19LiO. The van der Waals surface area contributed by atoms with E-state index in [1.807, 2.05) is 0 Å². The molecule has 0 atom stereocenters. The van der Waals surface area contributed by atoms with Crippen LogP contribution in [0.3, 0.4) is 0 Å². The third kappa shape index (κ3) is 6.94. The second kappa shape index (κ2) is 6.12. The Balaban J connectivity index is 3.23. The first-order chi connectivity index (χ1) is 5.12. The van der Waals surface area contributed by atoms with Crippen LogP contribution in [0.1, 0.15) is 40.0 Å². The summed E-state index contributed by atoms with van der Waals surface area (Å²) in [6, 6.07) is 0. The first-order valence-corrected chi connectivity index (χ1v) is 4.76. The van der Waals surface area contributed by atoms with Gasteiger partial charge in [-0.25, -0.2) is 0 Å². The number of hydrogen-bond donors (Lipinski definition) is 0. The predicted molar refractivity (Wildman–Crippen MR) is 50.1 cm³/mol. The standard InChI is InChI=1S/C9H19O.Li/c1-5-7-8-10-9(3,4)6-2;/h1,5-8H2,2-4H3;. The van der Waals surface area contributed by atoms with Crippen LogP contribution in [-0.4, -0.2) is 29.9 Å². The second-order valence-electron chi connectivity index (χ2n) is 3.67. The Morgan fingerprint density at radius 2 is 1.91 bits per heavy atom. The minimum absolute atomic E-state index is 0.0910. The predicted octanol–water partition coefficient (Wildman–Crippen LogP) is 2.56. The van der Waals surface area contributed by atoms with E-state index >= 15 is 0 Å². The molecule has 0 fully saturated rings. The molecule has 0 radical (unpaired) electrons. The Morgan fingerprint density at radius 3 is 2.36 bits per heavy atom. The second-order valence-corrected chi connectivity index (χ2v) is 3.67. The Hall–Kier alpha value is 0.557. The zero-order valence-corrected chi connectivity index (χ0v) is 8.44. The average molecular weight is 150 g/mol. The van der Waals surface area contributed by atoms with E-state index in [0.29, 0.717) is 0 Å². The number of rotatable bonds is 6. The van der Waals surface area contributed by atoms with Gasteiger partial charge in [0.25, 0.3) is 0 Å². The van der Waals surface area contributed by atoms with Crippen molar-refractivity contribution in [2.24, 2.45) is 0 Å². The molecule has 0 N–H and O–H groups in total. The zero-order chi connectivity index (χ0) is 8.74. The van der Waals surface area contributed by atoms with Gasteiger partial charge in [0.1, 0.15) is 0 Å². The number of hydrogen-bond acceptors (Lipinski definition) is 1. The van der Waals surface area contributed by atoms with Gasteiger partial charge in [-0.15, -0.1) is 0 Å². The maximum absolute atomic E-state index is 5.68. The van der Waals surface area contributed by atoms with Crippen molar-refractivity contribution in [2.75, 3.05) is 6.61 Å². The molecule has 0 aromatic carbocycles. The van der Waals surface area contributed by atoms with Gasteiger partial charge >= 0.3 is 79.8 Å². The molecule has 0 saturated heterocycles. The molecule has 62 valence electrons. The molecule has 0 saturated carbocycles. The van der Waals surface area contributed by atoms with Crippen molar-refractivity contribution < 1.29 is 4.74 Å². The van der Waals surface area contributed by atoms with Crippen LogP contribution in [0.4, 0.5) is 0 Å². The van der Waals surface area contributed by atoms with Crippen molar-refractivity contribution in [3.05, 3.63) is 0 Å². The third-order valence-electron chi connectivity index (χ3n) is 2.09. The van der Waals surface area contributed by atoms with Gasteiger partial charge < -0.3 is 0 Å². The summed E-state index contributed by atoms with van der Waals surface area (Å²) < 4.78 is 5.68. The van der Waals surface area contributed by atoms with Crippen molar-refractivity contribution in [3.63, 3.8) is 0 Å². The SMILES string of the molecule is [Li][CH2]CCCOC(C)(C)CC. The van der Waals surface area contributed by atoms with Crippen LogP contribution in [0.2, 0.25) is 5.09 Å². The van der Waals surface area contributed by atoms with Gasteiger partial charge in [0, 0.05) is 0 Å². The van der Waals surface area contributed by atoms with E-state index < -0.39 is 0 Å². The molecule has 0 aromatic rings. The maximum atomic E-state index is 5.68. The number of ether oxygens (including phenoxy) is 1. The molecule has 0 unspecified atom stereocenters. The molecular weight excluding hydrogens is 131 g/mol. The van der Waals surface area contributed by atoms with Crippen LogP contribution >= 0.6 is 0 Å². The fourth-order valence-electron chi connectivity index (χ4n) is 0.803. The van der Waals surface area contributed by atoms with E-state index in [4.69, 9.17) is 4.74 Å². The summed E-state index contributed by atoms with van der Waals surface area (Å²) in [6.07, 6.45) is 3.60. The fraction of sp³-hybridized carbons (Fsp3) is 1.00. The topological polar surface area (TPSA) is 9.23 Å². The van der Waals surface area contributed by atoms with Gasteiger partial charge in [-0.1, -0.05) is 0 Å². The molecule has 0 rings (SSSR count). The van der Waals surface area contributed by atoms with E-state index in [0.717, 1.165) is 13.0 Å². The van der Waals surface area contributed by atoms with Gasteiger partial charge in [-0.3, -0.25) is 0 Å². The molecule has 0 aromatic heterocycles. The van der Waals surface area contributed by atoms with Gasteiger partial charge in [-0.05, 0) is 0 Å². The Morgan fingerprint density at radius 1 is 1.27 bits per heavy atom. The van der Waals surface area contributed by atoms with Crippen molar-refractivity contribution in [3.8, 4) is 0 Å². The Bertz CT molecular complexity index is 91.6. The molecule has 0 bridgehead atoms. The van der Waals surface area contributed by atoms with E-state index in [1.165, 1.54) is 17.9 Å². The van der Waals surface area contributed by atoms with Crippen molar-refractivity contribution in [1.82, 2.24) is 0 Å². The average Bonchev–Trinajstić information content (AvgIpc) is 1.99. The van der Waals surface area contributed by atoms with Crippen LogP contribution in [0, 0.1) is 0 Å². The Labute approximate surface area is 80.1 Å². The van der Waals surface area contributed by atoms with Gasteiger partial charge in [0.05, 0.1) is 0 Å². The monoisotopic (exact) mass is 150 g/mol. The Kier molecular flexibility index (Phi) is 6.43. The van der Waals surface area contributed by atoms with Crippen molar-refractivity contribution >= 4 is 17.7 Å². The summed E-state index contributed by atoms with van der Waals surface area (Å²) in [5.41, 5.74) is 0.0910. The van der Waals surface area contributed by atoms with Crippen LogP contribution in [0.15, 0.2) is 0 Å². The summed E-state index contributed by atoms with van der Waals surface area (Å²) in [5.74, 6) is 0. The first-order valence-electron chi connectivity index (χ1n) is 4.76. The van der Waals surface area contributed by atoms with Gasteiger partial charge in [0.15, 0.2) is 0 Å². The minimum atomic E-state index is 0.0910.